The summed E-state index contributed by atoms with van der Waals surface area (Å²) in [6.45, 7) is 1.98. The third kappa shape index (κ3) is 3.98. The summed E-state index contributed by atoms with van der Waals surface area (Å²) in [4.78, 5) is 11.7. The van der Waals surface area contributed by atoms with Gasteiger partial charge >= 0.3 is 0 Å². The molecular formula is C11H14BrFN2O2. The third-order valence-electron chi connectivity index (χ3n) is 2.18. The second-order valence-corrected chi connectivity index (χ2v) is 4.60. The van der Waals surface area contributed by atoms with Gasteiger partial charge in [-0.3, -0.25) is 4.79 Å². The van der Waals surface area contributed by atoms with Crippen molar-refractivity contribution in [3.63, 3.8) is 0 Å². The van der Waals surface area contributed by atoms with E-state index in [1.807, 2.05) is 0 Å². The molecule has 1 aromatic rings. The van der Waals surface area contributed by atoms with Gasteiger partial charge in [-0.25, -0.2) is 4.39 Å². The van der Waals surface area contributed by atoms with E-state index in [2.05, 4.69) is 21.2 Å². The number of aliphatic hydroxyl groups excluding tert-OH is 1. The SMILES string of the molecule is CC(O)CCNC(=O)c1cc(N)c(F)cc1Br. The first-order chi connectivity index (χ1) is 7.91. The van der Waals surface area contributed by atoms with Crippen LogP contribution in [-0.2, 0) is 0 Å². The maximum atomic E-state index is 13.1. The first-order valence-electron chi connectivity index (χ1n) is 5.12. The Labute approximate surface area is 107 Å². The normalized spacial score (nSPS) is 12.2. The van der Waals surface area contributed by atoms with Crippen molar-refractivity contribution >= 4 is 27.5 Å². The average molecular weight is 305 g/mol. The summed E-state index contributed by atoms with van der Waals surface area (Å²) in [6.07, 6.45) is -0.0166. The molecule has 1 aromatic carbocycles. The Hall–Kier alpha value is -1.14. The standard InChI is InChI=1S/C11H14BrFN2O2/c1-6(16)2-3-15-11(17)7-4-10(14)9(13)5-8(7)12/h4-6,16H,2-3,14H2,1H3,(H,15,17). The molecule has 17 heavy (non-hydrogen) atoms. The molecule has 0 aliphatic rings. The van der Waals surface area contributed by atoms with Gasteiger partial charge in [0.1, 0.15) is 5.82 Å². The summed E-state index contributed by atoms with van der Waals surface area (Å²) in [5.74, 6) is -0.929. The van der Waals surface area contributed by atoms with E-state index < -0.39 is 11.9 Å². The number of halogens is 2. The summed E-state index contributed by atoms with van der Waals surface area (Å²) in [7, 11) is 0. The van der Waals surface area contributed by atoms with Crippen LogP contribution in [0.2, 0.25) is 0 Å². The van der Waals surface area contributed by atoms with Gasteiger partial charge in [-0.1, -0.05) is 0 Å². The Balaban J connectivity index is 2.72. The van der Waals surface area contributed by atoms with Crippen molar-refractivity contribution in [3.05, 3.63) is 28.0 Å². The molecule has 1 amide bonds. The van der Waals surface area contributed by atoms with Crippen LogP contribution in [0.15, 0.2) is 16.6 Å². The number of anilines is 1. The number of nitrogens with one attached hydrogen (secondary N) is 1. The number of carbonyl (C=O) groups excluding carboxylic acids is 1. The predicted molar refractivity (Wildman–Crippen MR) is 67.1 cm³/mol. The molecule has 4 nitrogen and oxygen atoms in total. The molecule has 1 unspecified atom stereocenters. The molecule has 0 heterocycles. The second-order valence-electron chi connectivity index (χ2n) is 3.75. The first-order valence-corrected chi connectivity index (χ1v) is 5.92. The number of nitrogens with two attached hydrogens (primary N) is 1. The number of rotatable bonds is 4. The Bertz CT molecular complexity index is 424. The molecule has 0 saturated heterocycles. The van der Waals surface area contributed by atoms with Gasteiger partial charge in [-0.2, -0.15) is 0 Å². The fraction of sp³-hybridized carbons (Fsp3) is 0.364. The van der Waals surface area contributed by atoms with Crippen LogP contribution in [0.5, 0.6) is 0 Å². The number of benzene rings is 1. The largest absolute Gasteiger partial charge is 0.396 e. The molecule has 0 spiro atoms. The Morgan fingerprint density at radius 3 is 2.88 bits per heavy atom. The van der Waals surface area contributed by atoms with Gasteiger partial charge in [-0.15, -0.1) is 0 Å². The van der Waals surface area contributed by atoms with Gasteiger partial charge < -0.3 is 16.2 Å². The van der Waals surface area contributed by atoms with Crippen LogP contribution in [0.1, 0.15) is 23.7 Å². The molecule has 0 aromatic heterocycles. The fourth-order valence-electron chi connectivity index (χ4n) is 1.23. The molecular weight excluding hydrogens is 291 g/mol. The van der Waals surface area contributed by atoms with Gasteiger partial charge in [-0.05, 0) is 41.4 Å². The van der Waals surface area contributed by atoms with E-state index in [4.69, 9.17) is 10.8 Å². The maximum Gasteiger partial charge on any atom is 0.252 e. The van der Waals surface area contributed by atoms with E-state index in [9.17, 15) is 9.18 Å². The summed E-state index contributed by atoms with van der Waals surface area (Å²) in [5.41, 5.74) is 5.59. The lowest BCUT2D eigenvalue weighted by atomic mass is 10.2. The van der Waals surface area contributed by atoms with E-state index >= 15 is 0 Å². The zero-order valence-corrected chi connectivity index (χ0v) is 10.9. The number of hydrogen-bond acceptors (Lipinski definition) is 3. The third-order valence-corrected chi connectivity index (χ3v) is 2.83. The zero-order valence-electron chi connectivity index (χ0n) is 9.34. The quantitative estimate of drug-likeness (QED) is 0.741. The topological polar surface area (TPSA) is 75.3 Å². The van der Waals surface area contributed by atoms with Gasteiger partial charge in [0.25, 0.3) is 5.91 Å². The highest BCUT2D eigenvalue weighted by atomic mass is 79.9. The van der Waals surface area contributed by atoms with Crippen molar-refractivity contribution in [3.8, 4) is 0 Å². The van der Waals surface area contributed by atoms with Crippen molar-refractivity contribution in [1.29, 1.82) is 0 Å². The zero-order chi connectivity index (χ0) is 13.0. The van der Waals surface area contributed by atoms with Gasteiger partial charge in [0.2, 0.25) is 0 Å². The highest BCUT2D eigenvalue weighted by Gasteiger charge is 2.13. The lowest BCUT2D eigenvalue weighted by Gasteiger charge is -2.09. The molecule has 0 saturated carbocycles. The molecule has 0 bridgehead atoms. The molecule has 0 radical (unpaired) electrons. The molecule has 4 N–H and O–H groups in total. The number of hydrogen-bond donors (Lipinski definition) is 3. The number of carbonyl (C=O) groups is 1. The minimum Gasteiger partial charge on any atom is -0.396 e. The summed E-state index contributed by atoms with van der Waals surface area (Å²) >= 11 is 3.10. The number of nitrogen functional groups attached to an aromatic ring is 1. The molecule has 0 fully saturated rings. The highest BCUT2D eigenvalue weighted by Crippen LogP contribution is 2.22. The van der Waals surface area contributed by atoms with Gasteiger partial charge in [0, 0.05) is 11.0 Å². The van der Waals surface area contributed by atoms with Crippen molar-refractivity contribution in [1.82, 2.24) is 5.32 Å². The number of amides is 1. The lowest BCUT2D eigenvalue weighted by Crippen LogP contribution is -2.27. The van der Waals surface area contributed by atoms with E-state index in [1.54, 1.807) is 6.92 Å². The minimum absolute atomic E-state index is 0.0751. The van der Waals surface area contributed by atoms with Crippen molar-refractivity contribution < 1.29 is 14.3 Å². The molecule has 94 valence electrons. The monoisotopic (exact) mass is 304 g/mol. The van der Waals surface area contributed by atoms with E-state index in [0.29, 0.717) is 17.4 Å². The molecule has 0 aliphatic carbocycles. The Kier molecular flexibility index (Phi) is 4.89. The average Bonchev–Trinajstić information content (AvgIpc) is 2.22. The summed E-state index contributed by atoms with van der Waals surface area (Å²) < 4.78 is 13.4. The predicted octanol–water partition coefficient (Wildman–Crippen LogP) is 1.67. The number of aliphatic hydroxyl groups is 1. The van der Waals surface area contributed by atoms with Crippen LogP contribution >= 0.6 is 15.9 Å². The van der Waals surface area contributed by atoms with Crippen LogP contribution in [0.4, 0.5) is 10.1 Å². The Morgan fingerprint density at radius 2 is 2.29 bits per heavy atom. The summed E-state index contributed by atoms with van der Waals surface area (Å²) in [5, 5.41) is 11.7. The fourth-order valence-corrected chi connectivity index (χ4v) is 1.73. The van der Waals surface area contributed by atoms with E-state index in [1.165, 1.54) is 6.07 Å². The minimum atomic E-state index is -0.572. The molecule has 0 aliphatic heterocycles. The van der Waals surface area contributed by atoms with Crippen LogP contribution in [0.25, 0.3) is 0 Å². The maximum absolute atomic E-state index is 13.1. The van der Waals surface area contributed by atoms with Crippen molar-refractivity contribution in [2.75, 3.05) is 12.3 Å². The van der Waals surface area contributed by atoms with Crippen LogP contribution < -0.4 is 11.1 Å². The van der Waals surface area contributed by atoms with Crippen LogP contribution in [-0.4, -0.2) is 23.7 Å². The molecule has 6 heteroatoms. The van der Waals surface area contributed by atoms with Crippen molar-refractivity contribution in [2.45, 2.75) is 19.4 Å². The van der Waals surface area contributed by atoms with Gasteiger partial charge in [0.05, 0.1) is 17.4 Å². The van der Waals surface area contributed by atoms with Crippen LogP contribution in [0, 0.1) is 5.82 Å². The first kappa shape index (κ1) is 13.9. The lowest BCUT2D eigenvalue weighted by molar-refractivity contribution is 0.0945. The van der Waals surface area contributed by atoms with Gasteiger partial charge in [0.15, 0.2) is 0 Å². The molecule has 1 rings (SSSR count). The van der Waals surface area contributed by atoms with E-state index in [0.717, 1.165) is 6.07 Å². The second kappa shape index (κ2) is 5.97. The molecule has 1 atom stereocenters. The highest BCUT2D eigenvalue weighted by molar-refractivity contribution is 9.10. The summed E-state index contributed by atoms with van der Waals surface area (Å²) in [6, 6.07) is 2.43. The van der Waals surface area contributed by atoms with E-state index in [-0.39, 0.29) is 17.2 Å². The van der Waals surface area contributed by atoms with Crippen molar-refractivity contribution in [2.24, 2.45) is 0 Å². The smallest absolute Gasteiger partial charge is 0.252 e. The Morgan fingerprint density at radius 1 is 1.65 bits per heavy atom. The van der Waals surface area contributed by atoms with Crippen LogP contribution in [0.3, 0.4) is 0 Å².